The van der Waals surface area contributed by atoms with Crippen molar-refractivity contribution in [2.24, 2.45) is 0 Å². The third kappa shape index (κ3) is 4.22. The van der Waals surface area contributed by atoms with Gasteiger partial charge in [-0.05, 0) is 62.0 Å². The Morgan fingerprint density at radius 2 is 1.71 bits per heavy atom. The zero-order valence-electron chi connectivity index (χ0n) is 10.9. The van der Waals surface area contributed by atoms with Gasteiger partial charge in [0.25, 0.3) is 9.05 Å². The summed E-state index contributed by atoms with van der Waals surface area (Å²) in [6.45, 7) is 2.39. The van der Waals surface area contributed by atoms with Gasteiger partial charge in [0, 0.05) is 10.7 Å². The quantitative estimate of drug-likeness (QED) is 0.609. The van der Waals surface area contributed by atoms with E-state index in [0.29, 0.717) is 21.3 Å². The molecule has 7 heteroatoms. The normalized spacial score (nSPS) is 11.4. The first-order valence-electron chi connectivity index (χ1n) is 5.90. The first-order chi connectivity index (χ1) is 9.79. The molecule has 0 amide bonds. The van der Waals surface area contributed by atoms with Crippen LogP contribution in [0.3, 0.4) is 0 Å². The van der Waals surface area contributed by atoms with Crippen LogP contribution in [-0.4, -0.2) is 8.42 Å². The third-order valence-electron chi connectivity index (χ3n) is 2.89. The number of rotatable bonds is 4. The van der Waals surface area contributed by atoms with Crippen molar-refractivity contribution >= 4 is 51.6 Å². The van der Waals surface area contributed by atoms with Crippen molar-refractivity contribution in [3.05, 3.63) is 56.5 Å². The molecule has 0 aliphatic carbocycles. The van der Waals surface area contributed by atoms with Gasteiger partial charge in [-0.2, -0.15) is 0 Å². The molecule has 112 valence electrons. The Balaban J connectivity index is 2.28. The van der Waals surface area contributed by atoms with E-state index in [-0.39, 0.29) is 4.90 Å². The summed E-state index contributed by atoms with van der Waals surface area (Å²) >= 11 is 6.61. The second kappa shape index (κ2) is 6.69. The zero-order chi connectivity index (χ0) is 15.6. The highest BCUT2D eigenvalue weighted by atomic mass is 79.9. The summed E-state index contributed by atoms with van der Waals surface area (Å²) in [6, 6.07) is 10.7. The highest BCUT2D eigenvalue weighted by Crippen LogP contribution is 2.37. The topological polar surface area (TPSA) is 43.4 Å². The summed E-state index contributed by atoms with van der Waals surface area (Å²) in [5.74, 6) is 0.530. The van der Waals surface area contributed by atoms with Crippen LogP contribution in [0.2, 0.25) is 0 Å². The first-order valence-corrected chi connectivity index (χ1v) is 9.79. The van der Waals surface area contributed by atoms with Crippen molar-refractivity contribution in [2.75, 3.05) is 0 Å². The standard InChI is InChI=1S/C14H11Br2ClO3S/c1-9-4-2-3-5-10(9)8-20-14-12(15)6-11(7-13(14)16)21(17,18)19/h2-7H,8H2,1H3. The highest BCUT2D eigenvalue weighted by molar-refractivity contribution is 9.11. The lowest BCUT2D eigenvalue weighted by Crippen LogP contribution is -2.00. The van der Waals surface area contributed by atoms with E-state index in [1.807, 2.05) is 31.2 Å². The molecule has 2 aromatic carbocycles. The van der Waals surface area contributed by atoms with Crippen LogP contribution in [-0.2, 0) is 15.7 Å². The average Bonchev–Trinajstić information content (AvgIpc) is 2.38. The van der Waals surface area contributed by atoms with Crippen LogP contribution in [0.4, 0.5) is 0 Å². The Bertz CT molecular complexity index is 753. The van der Waals surface area contributed by atoms with Crippen LogP contribution in [0, 0.1) is 6.92 Å². The van der Waals surface area contributed by atoms with Crippen molar-refractivity contribution in [1.29, 1.82) is 0 Å². The molecule has 3 nitrogen and oxygen atoms in total. The molecule has 0 aliphatic rings. The summed E-state index contributed by atoms with van der Waals surface area (Å²) < 4.78 is 29.5. The minimum Gasteiger partial charge on any atom is -0.487 e. The van der Waals surface area contributed by atoms with E-state index in [0.717, 1.165) is 11.1 Å². The Hall–Kier alpha value is -0.560. The molecule has 0 saturated carbocycles. The fraction of sp³-hybridized carbons (Fsp3) is 0.143. The van der Waals surface area contributed by atoms with E-state index < -0.39 is 9.05 Å². The molecule has 0 radical (unpaired) electrons. The van der Waals surface area contributed by atoms with E-state index in [4.69, 9.17) is 15.4 Å². The Labute approximate surface area is 144 Å². The molecule has 0 fully saturated rings. The van der Waals surface area contributed by atoms with Crippen LogP contribution in [0.1, 0.15) is 11.1 Å². The van der Waals surface area contributed by atoms with Gasteiger partial charge in [0.2, 0.25) is 0 Å². The number of halogens is 3. The van der Waals surface area contributed by atoms with Gasteiger partial charge in [0.1, 0.15) is 12.4 Å². The predicted molar refractivity (Wildman–Crippen MR) is 90.4 cm³/mol. The second-order valence-electron chi connectivity index (χ2n) is 4.37. The van der Waals surface area contributed by atoms with Gasteiger partial charge in [-0.15, -0.1) is 0 Å². The van der Waals surface area contributed by atoms with Gasteiger partial charge in [-0.3, -0.25) is 0 Å². The van der Waals surface area contributed by atoms with Gasteiger partial charge in [0.05, 0.1) is 13.8 Å². The summed E-state index contributed by atoms with van der Waals surface area (Å²) in [4.78, 5) is 0.00570. The lowest BCUT2D eigenvalue weighted by atomic mass is 10.1. The van der Waals surface area contributed by atoms with Gasteiger partial charge < -0.3 is 4.74 Å². The monoisotopic (exact) mass is 452 g/mol. The largest absolute Gasteiger partial charge is 0.487 e. The van der Waals surface area contributed by atoms with E-state index >= 15 is 0 Å². The summed E-state index contributed by atoms with van der Waals surface area (Å²) in [6.07, 6.45) is 0. The average molecular weight is 455 g/mol. The van der Waals surface area contributed by atoms with Crippen LogP contribution in [0.25, 0.3) is 0 Å². The maximum atomic E-state index is 11.4. The molecule has 0 spiro atoms. The number of hydrogen-bond acceptors (Lipinski definition) is 3. The minimum absolute atomic E-state index is 0.00570. The Kier molecular flexibility index (Phi) is 5.35. The van der Waals surface area contributed by atoms with Crippen LogP contribution >= 0.6 is 42.5 Å². The second-order valence-corrected chi connectivity index (χ2v) is 8.64. The number of ether oxygens (including phenoxy) is 1. The van der Waals surface area contributed by atoms with Crippen LogP contribution in [0.15, 0.2) is 50.2 Å². The maximum Gasteiger partial charge on any atom is 0.261 e. The van der Waals surface area contributed by atoms with Gasteiger partial charge >= 0.3 is 0 Å². The molecule has 0 saturated heterocycles. The molecule has 0 atom stereocenters. The fourth-order valence-corrected chi connectivity index (χ4v) is 4.24. The Morgan fingerprint density at radius 1 is 1.14 bits per heavy atom. The molecule has 0 unspecified atom stereocenters. The van der Waals surface area contributed by atoms with Crippen LogP contribution < -0.4 is 4.74 Å². The fourth-order valence-electron chi connectivity index (χ4n) is 1.74. The van der Waals surface area contributed by atoms with Gasteiger partial charge in [0.15, 0.2) is 0 Å². The van der Waals surface area contributed by atoms with Crippen molar-refractivity contribution in [3.63, 3.8) is 0 Å². The lowest BCUT2D eigenvalue weighted by Gasteiger charge is -2.12. The lowest BCUT2D eigenvalue weighted by molar-refractivity contribution is 0.301. The van der Waals surface area contributed by atoms with Gasteiger partial charge in [-0.1, -0.05) is 24.3 Å². The molecule has 0 heterocycles. The first kappa shape index (κ1) is 16.8. The molecular formula is C14H11Br2ClO3S. The van der Waals surface area contributed by atoms with Crippen LogP contribution in [0.5, 0.6) is 5.75 Å². The molecule has 0 aliphatic heterocycles. The molecule has 21 heavy (non-hydrogen) atoms. The molecule has 0 N–H and O–H groups in total. The van der Waals surface area contributed by atoms with Crippen molar-refractivity contribution in [2.45, 2.75) is 18.4 Å². The van der Waals surface area contributed by atoms with E-state index in [1.165, 1.54) is 12.1 Å². The predicted octanol–water partition coefficient (Wildman–Crippen LogP) is 5.03. The minimum atomic E-state index is -3.78. The van der Waals surface area contributed by atoms with E-state index in [9.17, 15) is 8.42 Å². The van der Waals surface area contributed by atoms with Crippen molar-refractivity contribution in [3.8, 4) is 5.75 Å². The molecular weight excluding hydrogens is 443 g/mol. The van der Waals surface area contributed by atoms with Gasteiger partial charge in [-0.25, -0.2) is 8.42 Å². The zero-order valence-corrected chi connectivity index (χ0v) is 15.7. The van der Waals surface area contributed by atoms with E-state index in [1.54, 1.807) is 0 Å². The molecule has 0 bridgehead atoms. The SMILES string of the molecule is Cc1ccccc1COc1c(Br)cc(S(=O)(=O)Cl)cc1Br. The maximum absolute atomic E-state index is 11.4. The van der Waals surface area contributed by atoms with Crippen molar-refractivity contribution < 1.29 is 13.2 Å². The molecule has 2 rings (SSSR count). The number of hydrogen-bond donors (Lipinski definition) is 0. The molecule has 2 aromatic rings. The summed E-state index contributed by atoms with van der Waals surface area (Å²) in [7, 11) is 1.56. The number of benzene rings is 2. The summed E-state index contributed by atoms with van der Waals surface area (Å²) in [5.41, 5.74) is 2.19. The number of aryl methyl sites for hydroxylation is 1. The third-order valence-corrected chi connectivity index (χ3v) is 5.40. The summed E-state index contributed by atoms with van der Waals surface area (Å²) in [5, 5.41) is 0. The smallest absolute Gasteiger partial charge is 0.261 e. The Morgan fingerprint density at radius 3 is 2.24 bits per heavy atom. The van der Waals surface area contributed by atoms with E-state index in [2.05, 4.69) is 31.9 Å². The molecule has 0 aromatic heterocycles. The van der Waals surface area contributed by atoms with Crippen molar-refractivity contribution in [1.82, 2.24) is 0 Å². The highest BCUT2D eigenvalue weighted by Gasteiger charge is 2.16.